The van der Waals surface area contributed by atoms with Gasteiger partial charge in [-0.2, -0.15) is 5.10 Å². The molecule has 0 aliphatic heterocycles. The minimum Gasteiger partial charge on any atom is -0.439 e. The van der Waals surface area contributed by atoms with Gasteiger partial charge >= 0.3 is 0 Å². The van der Waals surface area contributed by atoms with Gasteiger partial charge in [-0.15, -0.1) is 0 Å². The van der Waals surface area contributed by atoms with E-state index in [1.165, 1.54) is 12.1 Å². The number of nitrogens with two attached hydrogens (primary N) is 1. The first-order valence-corrected chi connectivity index (χ1v) is 5.71. The van der Waals surface area contributed by atoms with E-state index in [-0.39, 0.29) is 11.9 Å². The predicted molar refractivity (Wildman–Crippen MR) is 67.0 cm³/mol. The summed E-state index contributed by atoms with van der Waals surface area (Å²) < 4.78 is 20.6. The summed E-state index contributed by atoms with van der Waals surface area (Å²) in [7, 11) is 1.79. The molecule has 1 unspecified atom stereocenters. The van der Waals surface area contributed by atoms with Crippen molar-refractivity contribution >= 4 is 0 Å². The van der Waals surface area contributed by atoms with E-state index in [0.29, 0.717) is 17.2 Å². The van der Waals surface area contributed by atoms with Crippen LogP contribution in [0.15, 0.2) is 24.3 Å². The number of rotatable bonds is 3. The van der Waals surface area contributed by atoms with Crippen LogP contribution in [-0.4, -0.2) is 9.78 Å². The maximum Gasteiger partial charge on any atom is 0.217 e. The van der Waals surface area contributed by atoms with Gasteiger partial charge in [0.2, 0.25) is 5.88 Å². The molecule has 1 heterocycles. The smallest absolute Gasteiger partial charge is 0.217 e. The molecule has 0 spiro atoms. The number of aromatic nitrogens is 2. The number of hydrogen-bond acceptors (Lipinski definition) is 3. The fourth-order valence-electron chi connectivity index (χ4n) is 1.76. The molecular formula is C13H16FN3O. The van der Waals surface area contributed by atoms with Crippen molar-refractivity contribution in [2.45, 2.75) is 19.9 Å². The zero-order valence-electron chi connectivity index (χ0n) is 10.6. The van der Waals surface area contributed by atoms with Gasteiger partial charge in [0.1, 0.15) is 11.6 Å². The molecule has 18 heavy (non-hydrogen) atoms. The van der Waals surface area contributed by atoms with Crippen LogP contribution in [0.3, 0.4) is 0 Å². The van der Waals surface area contributed by atoms with Crippen molar-refractivity contribution in [1.82, 2.24) is 9.78 Å². The molecule has 96 valence electrons. The summed E-state index contributed by atoms with van der Waals surface area (Å²) in [6.45, 7) is 3.67. The zero-order chi connectivity index (χ0) is 13.3. The number of nitrogens with zero attached hydrogens (tertiary/aromatic N) is 2. The molecule has 0 saturated carbocycles. The van der Waals surface area contributed by atoms with Crippen molar-refractivity contribution in [3.05, 3.63) is 41.3 Å². The molecule has 0 fully saturated rings. The van der Waals surface area contributed by atoms with Crippen LogP contribution in [0, 0.1) is 12.7 Å². The fourth-order valence-corrected chi connectivity index (χ4v) is 1.76. The average Bonchev–Trinajstić information content (AvgIpc) is 2.60. The average molecular weight is 249 g/mol. The molecular weight excluding hydrogens is 233 g/mol. The van der Waals surface area contributed by atoms with Crippen molar-refractivity contribution in [2.75, 3.05) is 0 Å². The Balaban J connectivity index is 2.37. The lowest BCUT2D eigenvalue weighted by atomic mass is 10.1. The van der Waals surface area contributed by atoms with Crippen LogP contribution in [0.25, 0.3) is 0 Å². The largest absolute Gasteiger partial charge is 0.439 e. The van der Waals surface area contributed by atoms with Gasteiger partial charge in [0.05, 0.1) is 5.69 Å². The highest BCUT2D eigenvalue weighted by atomic mass is 19.1. The Kier molecular flexibility index (Phi) is 3.34. The van der Waals surface area contributed by atoms with Crippen molar-refractivity contribution in [3.63, 3.8) is 0 Å². The Bertz CT molecular complexity index is 563. The number of benzene rings is 1. The Morgan fingerprint density at radius 2 is 2.11 bits per heavy atom. The molecule has 2 rings (SSSR count). The number of halogens is 1. The summed E-state index contributed by atoms with van der Waals surface area (Å²) in [6.07, 6.45) is 0. The van der Waals surface area contributed by atoms with Gasteiger partial charge in [0.25, 0.3) is 0 Å². The van der Waals surface area contributed by atoms with Gasteiger partial charge in [-0.3, -0.25) is 0 Å². The summed E-state index contributed by atoms with van der Waals surface area (Å²) in [5.74, 6) is 0.825. The van der Waals surface area contributed by atoms with E-state index >= 15 is 0 Å². The van der Waals surface area contributed by atoms with Gasteiger partial charge < -0.3 is 10.5 Å². The van der Waals surface area contributed by atoms with Crippen molar-refractivity contribution in [3.8, 4) is 11.6 Å². The molecule has 0 aliphatic rings. The first-order valence-electron chi connectivity index (χ1n) is 5.71. The molecule has 0 aliphatic carbocycles. The highest BCUT2D eigenvalue weighted by Crippen LogP contribution is 2.29. The zero-order valence-corrected chi connectivity index (χ0v) is 10.6. The predicted octanol–water partition coefficient (Wildman–Crippen LogP) is 2.68. The highest BCUT2D eigenvalue weighted by Gasteiger charge is 2.12. The molecule has 4 nitrogen and oxygen atoms in total. The summed E-state index contributed by atoms with van der Waals surface area (Å²) in [5, 5.41) is 4.19. The summed E-state index contributed by atoms with van der Waals surface area (Å²) in [6, 6.07) is 5.84. The third-order valence-corrected chi connectivity index (χ3v) is 2.64. The maximum atomic E-state index is 13.2. The molecule has 0 radical (unpaired) electrons. The molecule has 0 amide bonds. The van der Waals surface area contributed by atoms with Crippen LogP contribution >= 0.6 is 0 Å². The highest BCUT2D eigenvalue weighted by molar-refractivity contribution is 5.38. The Labute approximate surface area is 105 Å². The molecule has 5 heteroatoms. The van der Waals surface area contributed by atoms with E-state index in [2.05, 4.69) is 5.10 Å². The quantitative estimate of drug-likeness (QED) is 0.909. The Hall–Kier alpha value is -1.88. The van der Waals surface area contributed by atoms with Gasteiger partial charge in [-0.05, 0) is 32.0 Å². The second-order valence-corrected chi connectivity index (χ2v) is 4.32. The second-order valence-electron chi connectivity index (χ2n) is 4.32. The van der Waals surface area contributed by atoms with Gasteiger partial charge in [0.15, 0.2) is 0 Å². The molecule has 2 aromatic rings. The van der Waals surface area contributed by atoms with E-state index in [0.717, 1.165) is 5.69 Å². The molecule has 1 atom stereocenters. The van der Waals surface area contributed by atoms with Crippen LogP contribution in [0.1, 0.15) is 24.2 Å². The monoisotopic (exact) mass is 249 g/mol. The number of aryl methyl sites for hydroxylation is 2. The minimum absolute atomic E-state index is 0.301. The Morgan fingerprint density at radius 3 is 2.67 bits per heavy atom. The van der Waals surface area contributed by atoms with Crippen molar-refractivity contribution < 1.29 is 9.13 Å². The summed E-state index contributed by atoms with van der Waals surface area (Å²) >= 11 is 0. The van der Waals surface area contributed by atoms with Crippen LogP contribution in [0.5, 0.6) is 11.6 Å². The fraction of sp³-hybridized carbons (Fsp3) is 0.308. The summed E-state index contributed by atoms with van der Waals surface area (Å²) in [4.78, 5) is 0. The van der Waals surface area contributed by atoms with E-state index < -0.39 is 0 Å². The topological polar surface area (TPSA) is 53.1 Å². The van der Waals surface area contributed by atoms with Gasteiger partial charge in [-0.1, -0.05) is 0 Å². The van der Waals surface area contributed by atoms with Crippen LogP contribution in [0.2, 0.25) is 0 Å². The van der Waals surface area contributed by atoms with Crippen molar-refractivity contribution in [1.29, 1.82) is 0 Å². The summed E-state index contributed by atoms with van der Waals surface area (Å²) in [5.41, 5.74) is 7.30. The van der Waals surface area contributed by atoms with Crippen LogP contribution < -0.4 is 10.5 Å². The molecule has 1 aromatic heterocycles. The van der Waals surface area contributed by atoms with E-state index in [4.69, 9.17) is 10.5 Å². The molecule has 1 aromatic carbocycles. The normalized spacial score (nSPS) is 12.5. The third-order valence-electron chi connectivity index (χ3n) is 2.64. The second kappa shape index (κ2) is 4.78. The molecule has 0 bridgehead atoms. The van der Waals surface area contributed by atoms with Crippen molar-refractivity contribution in [2.24, 2.45) is 12.8 Å². The number of ether oxygens (including phenoxy) is 1. The lowest BCUT2D eigenvalue weighted by molar-refractivity contribution is 0.422. The standard InChI is InChI=1S/C13H16FN3O/c1-8-6-13(17(3)16-8)18-12-5-4-10(14)7-11(12)9(2)15/h4-7,9H,15H2,1-3H3. The maximum absolute atomic E-state index is 13.2. The SMILES string of the molecule is Cc1cc(Oc2ccc(F)cc2C(C)N)n(C)n1. The van der Waals surface area contributed by atoms with Gasteiger partial charge in [0, 0.05) is 24.7 Å². The molecule has 2 N–H and O–H groups in total. The van der Waals surface area contributed by atoms with E-state index in [1.807, 2.05) is 13.0 Å². The lowest BCUT2D eigenvalue weighted by Crippen LogP contribution is -2.07. The third kappa shape index (κ3) is 2.51. The first-order chi connectivity index (χ1) is 8.47. The first kappa shape index (κ1) is 12.6. The number of hydrogen-bond donors (Lipinski definition) is 1. The molecule has 0 saturated heterocycles. The lowest BCUT2D eigenvalue weighted by Gasteiger charge is -2.13. The van der Waals surface area contributed by atoms with Gasteiger partial charge in [-0.25, -0.2) is 9.07 Å². The van der Waals surface area contributed by atoms with E-state index in [1.54, 1.807) is 24.7 Å². The Morgan fingerprint density at radius 1 is 1.39 bits per heavy atom. The van der Waals surface area contributed by atoms with Crippen LogP contribution in [-0.2, 0) is 7.05 Å². The van der Waals surface area contributed by atoms with E-state index in [9.17, 15) is 4.39 Å². The van der Waals surface area contributed by atoms with Crippen LogP contribution in [0.4, 0.5) is 4.39 Å². The minimum atomic E-state index is -0.323.